The van der Waals surface area contributed by atoms with Crippen molar-refractivity contribution in [3.8, 4) is 0 Å². The number of alkyl halides is 3. The average Bonchev–Trinajstić information content (AvgIpc) is 2.35. The number of hydrogen-bond donors (Lipinski definition) is 1. The van der Waals surface area contributed by atoms with Gasteiger partial charge in [-0.1, -0.05) is 6.58 Å². The molecule has 0 saturated heterocycles. The molecule has 1 aromatic heterocycles. The molecule has 0 radical (unpaired) electrons. The standard InChI is InChI=1S/C15H19F3N2O3/c1-6-22-9(2)10-7-8-11(19-12(10)15(16,17)18)20-13(21)23-14(3,4)5/h7-8H,2,6H2,1,3-5H3,(H,19,20,21). The Labute approximate surface area is 132 Å². The van der Waals surface area contributed by atoms with E-state index in [1.165, 1.54) is 6.07 Å². The molecule has 1 heterocycles. The number of halogens is 3. The van der Waals surface area contributed by atoms with Crippen molar-refractivity contribution in [1.29, 1.82) is 0 Å². The summed E-state index contributed by atoms with van der Waals surface area (Å²) in [4.78, 5) is 15.1. The minimum atomic E-state index is -4.72. The molecule has 1 N–H and O–H groups in total. The van der Waals surface area contributed by atoms with Crippen molar-refractivity contribution >= 4 is 17.7 Å². The number of pyridine rings is 1. The Morgan fingerprint density at radius 2 is 1.91 bits per heavy atom. The van der Waals surface area contributed by atoms with Crippen LogP contribution in [0.25, 0.3) is 5.76 Å². The fourth-order valence-electron chi connectivity index (χ4n) is 1.63. The number of nitrogens with zero attached hydrogens (tertiary/aromatic N) is 1. The summed E-state index contributed by atoms with van der Waals surface area (Å²) in [7, 11) is 0. The van der Waals surface area contributed by atoms with E-state index in [0.29, 0.717) is 0 Å². The van der Waals surface area contributed by atoms with Crippen LogP contribution in [0.15, 0.2) is 18.7 Å². The van der Waals surface area contributed by atoms with Gasteiger partial charge in [0.15, 0.2) is 5.69 Å². The number of rotatable bonds is 4. The minimum absolute atomic E-state index is 0.142. The van der Waals surface area contributed by atoms with Gasteiger partial charge in [-0.2, -0.15) is 13.2 Å². The van der Waals surface area contributed by atoms with Gasteiger partial charge in [0, 0.05) is 5.56 Å². The average molecular weight is 332 g/mol. The molecule has 8 heteroatoms. The van der Waals surface area contributed by atoms with Crippen molar-refractivity contribution in [3.05, 3.63) is 30.0 Å². The van der Waals surface area contributed by atoms with E-state index in [9.17, 15) is 18.0 Å². The minimum Gasteiger partial charge on any atom is -0.494 e. The molecule has 23 heavy (non-hydrogen) atoms. The summed E-state index contributed by atoms with van der Waals surface area (Å²) in [6, 6.07) is 2.36. The van der Waals surface area contributed by atoms with Gasteiger partial charge in [-0.25, -0.2) is 9.78 Å². The second kappa shape index (κ2) is 6.89. The zero-order valence-corrected chi connectivity index (χ0v) is 13.4. The SMILES string of the molecule is C=C(OCC)c1ccc(NC(=O)OC(C)(C)C)nc1C(F)(F)F. The smallest absolute Gasteiger partial charge is 0.434 e. The van der Waals surface area contributed by atoms with E-state index in [1.54, 1.807) is 27.7 Å². The van der Waals surface area contributed by atoms with E-state index >= 15 is 0 Å². The van der Waals surface area contributed by atoms with Gasteiger partial charge < -0.3 is 9.47 Å². The molecule has 0 aliphatic heterocycles. The van der Waals surface area contributed by atoms with Crippen LogP contribution < -0.4 is 5.32 Å². The van der Waals surface area contributed by atoms with E-state index in [-0.39, 0.29) is 23.7 Å². The largest absolute Gasteiger partial charge is 0.494 e. The van der Waals surface area contributed by atoms with Crippen molar-refractivity contribution in [1.82, 2.24) is 4.98 Å². The number of carbonyl (C=O) groups excluding carboxylic acids is 1. The second-order valence-electron chi connectivity index (χ2n) is 5.57. The maximum Gasteiger partial charge on any atom is 0.434 e. The first-order valence-corrected chi connectivity index (χ1v) is 6.84. The molecule has 1 amide bonds. The maximum atomic E-state index is 13.1. The van der Waals surface area contributed by atoms with Gasteiger partial charge in [-0.15, -0.1) is 0 Å². The van der Waals surface area contributed by atoms with Crippen LogP contribution in [-0.2, 0) is 15.7 Å². The molecule has 0 aromatic carbocycles. The van der Waals surface area contributed by atoms with Gasteiger partial charge in [-0.05, 0) is 39.8 Å². The molecule has 0 fully saturated rings. The highest BCUT2D eigenvalue weighted by Crippen LogP contribution is 2.34. The molecular weight excluding hydrogens is 313 g/mol. The van der Waals surface area contributed by atoms with Crippen LogP contribution in [0.3, 0.4) is 0 Å². The summed E-state index contributed by atoms with van der Waals surface area (Å²) in [6.45, 7) is 10.2. The van der Waals surface area contributed by atoms with Crippen molar-refractivity contribution in [2.45, 2.75) is 39.5 Å². The molecule has 0 unspecified atom stereocenters. The highest BCUT2D eigenvalue weighted by Gasteiger charge is 2.37. The number of nitrogens with one attached hydrogen (secondary N) is 1. The second-order valence-corrected chi connectivity index (χ2v) is 5.57. The lowest BCUT2D eigenvalue weighted by atomic mass is 10.1. The summed E-state index contributed by atoms with van der Waals surface area (Å²) in [5.74, 6) is -0.421. The molecule has 0 spiro atoms. The number of carbonyl (C=O) groups is 1. The Kier molecular flexibility index (Phi) is 5.63. The number of hydrogen-bond acceptors (Lipinski definition) is 4. The fraction of sp³-hybridized carbons (Fsp3) is 0.467. The van der Waals surface area contributed by atoms with Gasteiger partial charge in [-0.3, -0.25) is 5.32 Å². The number of anilines is 1. The lowest BCUT2D eigenvalue weighted by Crippen LogP contribution is -2.27. The summed E-state index contributed by atoms with van der Waals surface area (Å²) >= 11 is 0. The monoisotopic (exact) mass is 332 g/mol. The van der Waals surface area contributed by atoms with E-state index in [2.05, 4.69) is 16.9 Å². The molecule has 0 aliphatic carbocycles. The normalized spacial score (nSPS) is 11.8. The Morgan fingerprint density at radius 3 is 2.39 bits per heavy atom. The first-order valence-electron chi connectivity index (χ1n) is 6.84. The zero-order chi connectivity index (χ0) is 17.8. The van der Waals surface area contributed by atoms with Crippen LogP contribution >= 0.6 is 0 Å². The molecular formula is C15H19F3N2O3. The van der Waals surface area contributed by atoms with Crippen LogP contribution in [-0.4, -0.2) is 23.3 Å². The summed E-state index contributed by atoms with van der Waals surface area (Å²) in [6.07, 6.45) is -5.62. The van der Waals surface area contributed by atoms with Crippen LogP contribution in [0.1, 0.15) is 39.0 Å². The molecule has 1 rings (SSSR count). The topological polar surface area (TPSA) is 60.5 Å². The lowest BCUT2D eigenvalue weighted by molar-refractivity contribution is -0.141. The molecule has 0 bridgehead atoms. The lowest BCUT2D eigenvalue weighted by Gasteiger charge is -2.20. The van der Waals surface area contributed by atoms with E-state index < -0.39 is 23.6 Å². The molecule has 128 valence electrons. The third kappa shape index (κ3) is 5.80. The highest BCUT2D eigenvalue weighted by atomic mass is 19.4. The Morgan fingerprint density at radius 1 is 1.30 bits per heavy atom. The molecule has 0 atom stereocenters. The van der Waals surface area contributed by atoms with Crippen molar-refractivity contribution in [2.24, 2.45) is 0 Å². The van der Waals surface area contributed by atoms with Crippen LogP contribution in [0, 0.1) is 0 Å². The first kappa shape index (κ1) is 18.8. The summed E-state index contributed by atoms with van der Waals surface area (Å²) < 4.78 is 49.4. The summed E-state index contributed by atoms with van der Waals surface area (Å²) in [5.41, 5.74) is -2.25. The van der Waals surface area contributed by atoms with Crippen molar-refractivity contribution in [3.63, 3.8) is 0 Å². The quantitative estimate of drug-likeness (QED) is 0.827. The predicted octanol–water partition coefficient (Wildman–Crippen LogP) is 4.45. The predicted molar refractivity (Wildman–Crippen MR) is 79.8 cm³/mol. The van der Waals surface area contributed by atoms with Gasteiger partial charge >= 0.3 is 12.3 Å². The van der Waals surface area contributed by atoms with Gasteiger partial charge in [0.25, 0.3) is 0 Å². The molecule has 5 nitrogen and oxygen atoms in total. The Bertz CT molecular complexity index is 593. The third-order valence-electron chi connectivity index (χ3n) is 2.41. The van der Waals surface area contributed by atoms with E-state index in [4.69, 9.17) is 9.47 Å². The fourth-order valence-corrected chi connectivity index (χ4v) is 1.63. The van der Waals surface area contributed by atoms with Crippen molar-refractivity contribution in [2.75, 3.05) is 11.9 Å². The molecule has 0 aliphatic rings. The highest BCUT2D eigenvalue weighted by molar-refractivity contribution is 5.83. The maximum absolute atomic E-state index is 13.1. The van der Waals surface area contributed by atoms with Crippen LogP contribution in [0.5, 0.6) is 0 Å². The number of amides is 1. The van der Waals surface area contributed by atoms with E-state index in [1.807, 2.05) is 0 Å². The van der Waals surface area contributed by atoms with Gasteiger partial charge in [0.1, 0.15) is 17.2 Å². The van der Waals surface area contributed by atoms with E-state index in [0.717, 1.165) is 6.07 Å². The number of ether oxygens (including phenoxy) is 2. The Hall–Kier alpha value is -2.25. The number of aromatic nitrogens is 1. The zero-order valence-electron chi connectivity index (χ0n) is 13.4. The van der Waals surface area contributed by atoms with Crippen LogP contribution in [0.2, 0.25) is 0 Å². The molecule has 1 aromatic rings. The summed E-state index contributed by atoms with van der Waals surface area (Å²) in [5, 5.41) is 2.17. The Balaban J connectivity index is 3.10. The van der Waals surface area contributed by atoms with Gasteiger partial charge in [0.2, 0.25) is 0 Å². The third-order valence-corrected chi connectivity index (χ3v) is 2.41. The first-order chi connectivity index (χ1) is 10.4. The van der Waals surface area contributed by atoms with Gasteiger partial charge in [0.05, 0.1) is 6.61 Å². The van der Waals surface area contributed by atoms with Crippen LogP contribution in [0.4, 0.5) is 23.8 Å². The van der Waals surface area contributed by atoms with Crippen molar-refractivity contribution < 1.29 is 27.4 Å². The molecule has 0 saturated carbocycles.